The first-order chi connectivity index (χ1) is 8.78. The summed E-state index contributed by atoms with van der Waals surface area (Å²) in [6.07, 6.45) is 6.56. The van der Waals surface area contributed by atoms with E-state index < -0.39 is 0 Å². The summed E-state index contributed by atoms with van der Waals surface area (Å²) in [6, 6.07) is 10.7. The van der Waals surface area contributed by atoms with Gasteiger partial charge in [-0.05, 0) is 37.0 Å². The largest absolute Gasteiger partial charge is 0.492 e. The molecular weight excluding hydrogens is 222 g/mol. The number of benzene rings is 1. The summed E-state index contributed by atoms with van der Waals surface area (Å²) in [5, 5.41) is 9.39. The Morgan fingerprint density at radius 3 is 2.72 bits per heavy atom. The molecule has 1 aromatic rings. The highest BCUT2D eigenvalue weighted by molar-refractivity contribution is 5.28. The van der Waals surface area contributed by atoms with Crippen molar-refractivity contribution in [3.8, 4) is 11.8 Å². The maximum absolute atomic E-state index is 9.39. The monoisotopic (exact) mass is 243 g/mol. The van der Waals surface area contributed by atoms with E-state index in [2.05, 4.69) is 25.1 Å². The average molecular weight is 243 g/mol. The zero-order valence-electron chi connectivity index (χ0n) is 11.1. The highest BCUT2D eigenvalue weighted by Gasteiger charge is 2.32. The molecule has 1 fully saturated rings. The van der Waals surface area contributed by atoms with E-state index in [1.807, 2.05) is 12.1 Å². The third-order valence-electron chi connectivity index (χ3n) is 3.87. The van der Waals surface area contributed by atoms with Crippen molar-refractivity contribution in [3.05, 3.63) is 29.8 Å². The Kier molecular flexibility index (Phi) is 4.25. The van der Waals surface area contributed by atoms with E-state index in [9.17, 15) is 5.26 Å². The Labute approximate surface area is 110 Å². The number of hydrogen-bond donors (Lipinski definition) is 0. The van der Waals surface area contributed by atoms with Crippen molar-refractivity contribution in [2.45, 2.75) is 45.4 Å². The summed E-state index contributed by atoms with van der Waals surface area (Å²) < 4.78 is 5.86. The van der Waals surface area contributed by atoms with E-state index in [0.717, 1.165) is 37.9 Å². The molecule has 0 bridgehead atoms. The predicted octanol–water partition coefficient (Wildman–Crippen LogP) is 4.10. The van der Waals surface area contributed by atoms with E-state index in [1.165, 1.54) is 12.0 Å². The lowest BCUT2D eigenvalue weighted by Crippen LogP contribution is -2.29. The van der Waals surface area contributed by atoms with Crippen LogP contribution in [0, 0.1) is 16.7 Å². The molecule has 0 heterocycles. The van der Waals surface area contributed by atoms with Crippen molar-refractivity contribution in [2.24, 2.45) is 5.41 Å². The molecule has 0 unspecified atom stereocenters. The third kappa shape index (κ3) is 3.04. The van der Waals surface area contributed by atoms with Crippen molar-refractivity contribution < 1.29 is 4.74 Å². The fraction of sp³-hybridized carbons (Fsp3) is 0.562. The minimum absolute atomic E-state index is 0.250. The number of nitrogens with zero attached hydrogens (tertiary/aromatic N) is 1. The van der Waals surface area contributed by atoms with Gasteiger partial charge in [-0.1, -0.05) is 38.3 Å². The van der Waals surface area contributed by atoms with Crippen LogP contribution in [-0.2, 0) is 6.42 Å². The van der Waals surface area contributed by atoms with Gasteiger partial charge in [-0.2, -0.15) is 5.26 Å². The molecule has 2 heteroatoms. The second-order valence-corrected chi connectivity index (χ2v) is 5.24. The zero-order chi connectivity index (χ0) is 12.8. The van der Waals surface area contributed by atoms with Crippen LogP contribution >= 0.6 is 0 Å². The lowest BCUT2D eigenvalue weighted by Gasteiger charge is -2.30. The van der Waals surface area contributed by atoms with E-state index in [0.29, 0.717) is 6.61 Å². The van der Waals surface area contributed by atoms with Crippen molar-refractivity contribution in [2.75, 3.05) is 6.61 Å². The molecule has 0 aromatic heterocycles. The summed E-state index contributed by atoms with van der Waals surface area (Å²) in [5.74, 6) is 0.898. The molecule has 0 aliphatic heterocycles. The van der Waals surface area contributed by atoms with E-state index in [1.54, 1.807) is 0 Å². The van der Waals surface area contributed by atoms with Gasteiger partial charge in [0, 0.05) is 0 Å². The van der Waals surface area contributed by atoms with Gasteiger partial charge in [-0.25, -0.2) is 0 Å². The quantitative estimate of drug-likeness (QED) is 0.797. The van der Waals surface area contributed by atoms with Crippen molar-refractivity contribution in [3.63, 3.8) is 0 Å². The van der Waals surface area contributed by atoms with Crippen LogP contribution in [0.2, 0.25) is 0 Å². The molecule has 0 atom stereocenters. The van der Waals surface area contributed by atoms with E-state index in [-0.39, 0.29) is 5.41 Å². The Morgan fingerprint density at radius 1 is 1.28 bits per heavy atom. The second kappa shape index (κ2) is 5.91. The minimum atomic E-state index is -0.250. The predicted molar refractivity (Wildman–Crippen MR) is 72.4 cm³/mol. The molecule has 2 rings (SSSR count). The van der Waals surface area contributed by atoms with Gasteiger partial charge in [0.25, 0.3) is 0 Å². The topological polar surface area (TPSA) is 33.0 Å². The lowest BCUT2D eigenvalue weighted by molar-refractivity contribution is 0.150. The number of aryl methyl sites for hydroxylation is 1. The van der Waals surface area contributed by atoms with Gasteiger partial charge in [0.05, 0.1) is 11.5 Å². The van der Waals surface area contributed by atoms with Gasteiger partial charge < -0.3 is 4.74 Å². The maximum atomic E-state index is 9.39. The maximum Gasteiger partial charge on any atom is 0.119 e. The normalized spacial score (nSPS) is 18.0. The lowest BCUT2D eigenvalue weighted by atomic mass is 9.76. The van der Waals surface area contributed by atoms with Crippen molar-refractivity contribution >= 4 is 0 Å². The van der Waals surface area contributed by atoms with Crippen LogP contribution in [0.4, 0.5) is 0 Å². The molecule has 0 amide bonds. The standard InChI is InChI=1S/C16H21NO/c1-2-14-7-6-8-15(11-14)18-13-16(12-17)9-4-3-5-10-16/h6-8,11H,2-5,9-10,13H2,1H3. The minimum Gasteiger partial charge on any atom is -0.492 e. The van der Waals surface area contributed by atoms with Gasteiger partial charge >= 0.3 is 0 Å². The summed E-state index contributed by atoms with van der Waals surface area (Å²) in [6.45, 7) is 2.67. The summed E-state index contributed by atoms with van der Waals surface area (Å²) in [5.41, 5.74) is 1.03. The smallest absolute Gasteiger partial charge is 0.119 e. The molecule has 0 spiro atoms. The molecule has 2 nitrogen and oxygen atoms in total. The molecule has 18 heavy (non-hydrogen) atoms. The highest BCUT2D eigenvalue weighted by Crippen LogP contribution is 2.36. The van der Waals surface area contributed by atoms with Gasteiger partial charge in [-0.3, -0.25) is 0 Å². The molecule has 0 N–H and O–H groups in total. The molecule has 96 valence electrons. The van der Waals surface area contributed by atoms with Crippen LogP contribution in [0.3, 0.4) is 0 Å². The number of ether oxygens (including phenoxy) is 1. The first kappa shape index (κ1) is 13.0. The molecule has 1 aromatic carbocycles. The highest BCUT2D eigenvalue weighted by atomic mass is 16.5. The third-order valence-corrected chi connectivity index (χ3v) is 3.87. The SMILES string of the molecule is CCc1cccc(OCC2(C#N)CCCCC2)c1. The van der Waals surface area contributed by atoms with Gasteiger partial charge in [0.1, 0.15) is 12.4 Å². The number of hydrogen-bond acceptors (Lipinski definition) is 2. The van der Waals surface area contributed by atoms with Crippen LogP contribution in [-0.4, -0.2) is 6.61 Å². The molecular formula is C16H21NO. The van der Waals surface area contributed by atoms with Crippen LogP contribution in [0.5, 0.6) is 5.75 Å². The van der Waals surface area contributed by atoms with Crippen LogP contribution in [0.1, 0.15) is 44.6 Å². The van der Waals surface area contributed by atoms with Crippen molar-refractivity contribution in [1.29, 1.82) is 5.26 Å². The summed E-state index contributed by atoms with van der Waals surface area (Å²) >= 11 is 0. The zero-order valence-corrected chi connectivity index (χ0v) is 11.1. The molecule has 1 saturated carbocycles. The van der Waals surface area contributed by atoms with Crippen molar-refractivity contribution in [1.82, 2.24) is 0 Å². The Bertz CT molecular complexity index is 427. The van der Waals surface area contributed by atoms with Crippen LogP contribution in [0.25, 0.3) is 0 Å². The fourth-order valence-electron chi connectivity index (χ4n) is 2.59. The molecule has 0 radical (unpaired) electrons. The Hall–Kier alpha value is -1.49. The molecule has 0 saturated heterocycles. The molecule has 1 aliphatic carbocycles. The first-order valence-corrected chi connectivity index (χ1v) is 6.91. The van der Waals surface area contributed by atoms with Gasteiger partial charge in [0.2, 0.25) is 0 Å². The summed E-state index contributed by atoms with van der Waals surface area (Å²) in [4.78, 5) is 0. The second-order valence-electron chi connectivity index (χ2n) is 5.24. The van der Waals surface area contributed by atoms with E-state index in [4.69, 9.17) is 4.74 Å². The number of nitriles is 1. The van der Waals surface area contributed by atoms with Gasteiger partial charge in [0.15, 0.2) is 0 Å². The Morgan fingerprint density at radius 2 is 2.06 bits per heavy atom. The van der Waals surface area contributed by atoms with Crippen LogP contribution < -0.4 is 4.74 Å². The number of rotatable bonds is 4. The first-order valence-electron chi connectivity index (χ1n) is 6.91. The molecule has 1 aliphatic rings. The fourth-order valence-corrected chi connectivity index (χ4v) is 2.59. The van der Waals surface area contributed by atoms with Gasteiger partial charge in [-0.15, -0.1) is 0 Å². The Balaban J connectivity index is 1.99. The average Bonchev–Trinajstić information content (AvgIpc) is 2.46. The van der Waals surface area contributed by atoms with E-state index >= 15 is 0 Å². The van der Waals surface area contributed by atoms with Crippen LogP contribution in [0.15, 0.2) is 24.3 Å². The summed E-state index contributed by atoms with van der Waals surface area (Å²) in [7, 11) is 0.